The summed E-state index contributed by atoms with van der Waals surface area (Å²) in [6.45, 7) is 2.09. The van der Waals surface area contributed by atoms with Gasteiger partial charge in [-0.3, -0.25) is 4.79 Å². The minimum atomic E-state index is -1.16. The van der Waals surface area contributed by atoms with E-state index in [-0.39, 0.29) is 19.0 Å². The molecule has 2 N–H and O–H groups in total. The second-order valence-electron chi connectivity index (χ2n) is 7.16. The van der Waals surface area contributed by atoms with Crippen LogP contribution in [0.1, 0.15) is 116 Å². The van der Waals surface area contributed by atoms with Crippen molar-refractivity contribution in [1.29, 1.82) is 0 Å². The zero-order chi connectivity index (χ0) is 18.6. The van der Waals surface area contributed by atoms with Gasteiger partial charge in [0.15, 0.2) is 0 Å². The average molecular weight is 359 g/mol. The molecule has 0 aliphatic heterocycles. The van der Waals surface area contributed by atoms with Crippen LogP contribution in [0.5, 0.6) is 0 Å². The molecule has 0 amide bonds. The SMILES string of the molecule is CCCCCCCCCCCCCCCCCC(=O)O[C@H](O)CCO. The normalized spacial score (nSPS) is 12.3. The number of rotatable bonds is 19. The Labute approximate surface area is 155 Å². The molecule has 0 saturated heterocycles. The van der Waals surface area contributed by atoms with Crippen molar-refractivity contribution < 1.29 is 19.7 Å². The van der Waals surface area contributed by atoms with Gasteiger partial charge in [0.25, 0.3) is 0 Å². The van der Waals surface area contributed by atoms with Crippen LogP contribution in [0.4, 0.5) is 0 Å². The fourth-order valence-electron chi connectivity index (χ4n) is 3.02. The van der Waals surface area contributed by atoms with Gasteiger partial charge in [-0.15, -0.1) is 0 Å². The molecule has 1 atom stereocenters. The van der Waals surface area contributed by atoms with Gasteiger partial charge < -0.3 is 14.9 Å². The van der Waals surface area contributed by atoms with E-state index in [1.165, 1.54) is 83.5 Å². The largest absolute Gasteiger partial charge is 0.436 e. The third-order valence-corrected chi connectivity index (χ3v) is 4.63. The van der Waals surface area contributed by atoms with Crippen LogP contribution in [0.3, 0.4) is 0 Å². The number of hydrogen-bond acceptors (Lipinski definition) is 4. The minimum absolute atomic E-state index is 0.0879. The molecular formula is C21H42O4. The van der Waals surface area contributed by atoms with Crippen LogP contribution in [0, 0.1) is 0 Å². The van der Waals surface area contributed by atoms with Crippen molar-refractivity contribution in [3.63, 3.8) is 0 Å². The Bertz CT molecular complexity index is 281. The molecule has 0 aromatic carbocycles. The lowest BCUT2D eigenvalue weighted by Gasteiger charge is -2.10. The molecule has 25 heavy (non-hydrogen) atoms. The maximum absolute atomic E-state index is 11.4. The van der Waals surface area contributed by atoms with E-state index in [4.69, 9.17) is 9.84 Å². The first-order chi connectivity index (χ1) is 12.2. The number of carbonyl (C=O) groups is 1. The van der Waals surface area contributed by atoms with Crippen molar-refractivity contribution >= 4 is 5.97 Å². The standard InChI is InChI=1S/C21H42O4/c1-2-3-4-5-6-7-8-9-10-11-12-13-14-15-16-17-20(23)25-21(24)18-19-22/h21-22,24H,2-19H2,1H3/t21-/m0/s1. The molecule has 0 aromatic heterocycles. The Morgan fingerprint density at radius 2 is 1.16 bits per heavy atom. The highest BCUT2D eigenvalue weighted by Crippen LogP contribution is 2.14. The van der Waals surface area contributed by atoms with Crippen LogP contribution in [-0.4, -0.2) is 29.1 Å². The third kappa shape index (κ3) is 19.6. The molecule has 0 heterocycles. The van der Waals surface area contributed by atoms with Gasteiger partial charge in [-0.05, 0) is 6.42 Å². The summed E-state index contributed by atoms with van der Waals surface area (Å²) in [7, 11) is 0. The summed E-state index contributed by atoms with van der Waals surface area (Å²) in [6, 6.07) is 0. The molecule has 4 nitrogen and oxygen atoms in total. The summed E-state index contributed by atoms with van der Waals surface area (Å²) in [6.07, 6.45) is 18.8. The lowest BCUT2D eigenvalue weighted by Crippen LogP contribution is -2.18. The van der Waals surface area contributed by atoms with Gasteiger partial charge in [0.1, 0.15) is 0 Å². The monoisotopic (exact) mass is 358 g/mol. The molecule has 0 rings (SSSR count). The van der Waals surface area contributed by atoms with Gasteiger partial charge in [-0.1, -0.05) is 96.8 Å². The fourth-order valence-corrected chi connectivity index (χ4v) is 3.02. The number of aliphatic hydroxyl groups excluding tert-OH is 2. The topological polar surface area (TPSA) is 66.8 Å². The molecule has 0 aromatic rings. The Morgan fingerprint density at radius 1 is 0.760 bits per heavy atom. The highest BCUT2D eigenvalue weighted by Gasteiger charge is 2.09. The first-order valence-electron chi connectivity index (χ1n) is 10.7. The zero-order valence-electron chi connectivity index (χ0n) is 16.5. The Balaban J connectivity index is 3.15. The first kappa shape index (κ1) is 24.4. The van der Waals surface area contributed by atoms with Crippen molar-refractivity contribution in [2.24, 2.45) is 0 Å². The van der Waals surface area contributed by atoms with E-state index in [1.54, 1.807) is 0 Å². The molecule has 4 heteroatoms. The van der Waals surface area contributed by atoms with Crippen LogP contribution in [0.15, 0.2) is 0 Å². The predicted octanol–water partition coefficient (Wildman–Crippen LogP) is 5.49. The van der Waals surface area contributed by atoms with Gasteiger partial charge in [0, 0.05) is 19.4 Å². The van der Waals surface area contributed by atoms with Crippen molar-refractivity contribution in [2.45, 2.75) is 122 Å². The first-order valence-corrected chi connectivity index (χ1v) is 10.7. The van der Waals surface area contributed by atoms with Crippen LogP contribution >= 0.6 is 0 Å². The third-order valence-electron chi connectivity index (χ3n) is 4.63. The molecule has 0 radical (unpaired) electrons. The Hall–Kier alpha value is -0.610. The average Bonchev–Trinajstić information content (AvgIpc) is 2.58. The molecular weight excluding hydrogens is 316 g/mol. The van der Waals surface area contributed by atoms with E-state index >= 15 is 0 Å². The van der Waals surface area contributed by atoms with Crippen molar-refractivity contribution in [2.75, 3.05) is 6.61 Å². The summed E-state index contributed by atoms with van der Waals surface area (Å²) in [5.74, 6) is -0.365. The number of hydrogen-bond donors (Lipinski definition) is 2. The van der Waals surface area contributed by atoms with Gasteiger partial charge in [-0.25, -0.2) is 0 Å². The van der Waals surface area contributed by atoms with Crippen LogP contribution < -0.4 is 0 Å². The maximum Gasteiger partial charge on any atom is 0.308 e. The van der Waals surface area contributed by atoms with E-state index < -0.39 is 6.29 Å². The van der Waals surface area contributed by atoms with Gasteiger partial charge in [0.05, 0.1) is 0 Å². The molecule has 0 fully saturated rings. The summed E-state index contributed by atoms with van der Waals surface area (Å²) >= 11 is 0. The van der Waals surface area contributed by atoms with E-state index in [1.807, 2.05) is 0 Å². The molecule has 0 aliphatic carbocycles. The number of aliphatic hydroxyl groups is 2. The van der Waals surface area contributed by atoms with Crippen LogP contribution in [-0.2, 0) is 9.53 Å². The summed E-state index contributed by atoms with van der Waals surface area (Å²) < 4.78 is 4.77. The Kier molecular flexibility index (Phi) is 19.2. The number of unbranched alkanes of at least 4 members (excludes halogenated alkanes) is 14. The molecule has 0 aliphatic rings. The quantitative estimate of drug-likeness (QED) is 0.182. The second kappa shape index (κ2) is 19.7. The predicted molar refractivity (Wildman–Crippen MR) is 103 cm³/mol. The van der Waals surface area contributed by atoms with E-state index in [9.17, 15) is 9.90 Å². The summed E-state index contributed by atoms with van der Waals surface area (Å²) in [5, 5.41) is 17.9. The number of esters is 1. The highest BCUT2D eigenvalue weighted by atomic mass is 16.6. The van der Waals surface area contributed by atoms with Crippen molar-refractivity contribution in [3.8, 4) is 0 Å². The number of ether oxygens (including phenoxy) is 1. The van der Waals surface area contributed by atoms with Crippen LogP contribution in [0.2, 0.25) is 0 Å². The molecule has 0 bridgehead atoms. The minimum Gasteiger partial charge on any atom is -0.436 e. The second-order valence-corrected chi connectivity index (χ2v) is 7.16. The fraction of sp³-hybridized carbons (Fsp3) is 0.952. The van der Waals surface area contributed by atoms with Gasteiger partial charge in [-0.2, -0.15) is 0 Å². The summed E-state index contributed by atoms with van der Waals surface area (Å²) in [5.41, 5.74) is 0. The molecule has 0 spiro atoms. The van der Waals surface area contributed by atoms with E-state index in [0.717, 1.165) is 12.8 Å². The lowest BCUT2D eigenvalue weighted by atomic mass is 10.0. The van der Waals surface area contributed by atoms with Crippen LogP contribution in [0.25, 0.3) is 0 Å². The molecule has 0 saturated carbocycles. The Morgan fingerprint density at radius 3 is 1.56 bits per heavy atom. The van der Waals surface area contributed by atoms with Gasteiger partial charge >= 0.3 is 5.97 Å². The molecule has 0 unspecified atom stereocenters. The lowest BCUT2D eigenvalue weighted by molar-refractivity contribution is -0.169. The van der Waals surface area contributed by atoms with Crippen molar-refractivity contribution in [1.82, 2.24) is 0 Å². The highest BCUT2D eigenvalue weighted by molar-refractivity contribution is 5.69. The van der Waals surface area contributed by atoms with Gasteiger partial charge in [0.2, 0.25) is 6.29 Å². The van der Waals surface area contributed by atoms with E-state index in [2.05, 4.69) is 6.92 Å². The van der Waals surface area contributed by atoms with E-state index in [0.29, 0.717) is 6.42 Å². The smallest absolute Gasteiger partial charge is 0.308 e. The van der Waals surface area contributed by atoms with Crippen molar-refractivity contribution in [3.05, 3.63) is 0 Å². The number of carbonyl (C=O) groups excluding carboxylic acids is 1. The molecule has 150 valence electrons. The maximum atomic E-state index is 11.4. The zero-order valence-corrected chi connectivity index (χ0v) is 16.5. The summed E-state index contributed by atoms with van der Waals surface area (Å²) in [4.78, 5) is 11.4.